The molecule has 106 valence electrons. The summed E-state index contributed by atoms with van der Waals surface area (Å²) >= 11 is 0. The molecule has 0 bridgehead atoms. The Balaban J connectivity index is 2.55. The number of pyridine rings is 1. The first-order valence-electron chi connectivity index (χ1n) is 6.75. The van der Waals surface area contributed by atoms with Gasteiger partial charge in [0.15, 0.2) is 0 Å². The van der Waals surface area contributed by atoms with E-state index in [0.29, 0.717) is 5.88 Å². The zero-order valence-corrected chi connectivity index (χ0v) is 12.4. The van der Waals surface area contributed by atoms with E-state index in [0.717, 1.165) is 41.3 Å². The van der Waals surface area contributed by atoms with Gasteiger partial charge in [0.25, 0.3) is 0 Å². The largest absolute Gasteiger partial charge is 0.481 e. The van der Waals surface area contributed by atoms with Crippen molar-refractivity contribution >= 4 is 5.82 Å². The highest BCUT2D eigenvalue weighted by atomic mass is 16.5. The van der Waals surface area contributed by atoms with E-state index in [2.05, 4.69) is 27.2 Å². The second-order valence-corrected chi connectivity index (χ2v) is 4.55. The van der Waals surface area contributed by atoms with Crippen LogP contribution in [-0.2, 0) is 6.42 Å². The van der Waals surface area contributed by atoms with Crippen LogP contribution in [0.2, 0.25) is 0 Å². The molecule has 0 spiro atoms. The van der Waals surface area contributed by atoms with Gasteiger partial charge in [0.05, 0.1) is 12.8 Å². The number of hydrogen-bond donors (Lipinski definition) is 1. The summed E-state index contributed by atoms with van der Waals surface area (Å²) in [4.78, 5) is 13.4. The molecule has 0 fully saturated rings. The molecule has 5 heteroatoms. The molecule has 2 aromatic rings. The van der Waals surface area contributed by atoms with E-state index >= 15 is 0 Å². The molecule has 0 aromatic carbocycles. The van der Waals surface area contributed by atoms with Crippen LogP contribution in [0.25, 0.3) is 11.3 Å². The Hall–Kier alpha value is -2.17. The summed E-state index contributed by atoms with van der Waals surface area (Å²) in [6, 6.07) is 3.83. The molecule has 2 rings (SSSR count). The van der Waals surface area contributed by atoms with Gasteiger partial charge in [-0.25, -0.2) is 15.0 Å². The van der Waals surface area contributed by atoms with Gasteiger partial charge in [0, 0.05) is 36.9 Å². The summed E-state index contributed by atoms with van der Waals surface area (Å²) in [7, 11) is 3.49. The summed E-state index contributed by atoms with van der Waals surface area (Å²) in [5.41, 5.74) is 2.94. The molecule has 5 nitrogen and oxygen atoms in total. The lowest BCUT2D eigenvalue weighted by atomic mass is 10.1. The van der Waals surface area contributed by atoms with Gasteiger partial charge >= 0.3 is 0 Å². The zero-order valence-electron chi connectivity index (χ0n) is 12.4. The molecule has 0 atom stereocenters. The minimum absolute atomic E-state index is 0.587. The maximum atomic E-state index is 5.18. The van der Waals surface area contributed by atoms with Gasteiger partial charge in [-0.3, -0.25) is 0 Å². The van der Waals surface area contributed by atoms with Crippen LogP contribution in [0, 0.1) is 6.92 Å². The van der Waals surface area contributed by atoms with Crippen molar-refractivity contribution in [3.8, 4) is 17.1 Å². The first-order chi connectivity index (χ1) is 9.69. The lowest BCUT2D eigenvalue weighted by Gasteiger charge is -2.12. The highest BCUT2D eigenvalue weighted by Gasteiger charge is 2.12. The van der Waals surface area contributed by atoms with Crippen molar-refractivity contribution in [1.82, 2.24) is 15.0 Å². The molecule has 1 N–H and O–H groups in total. The van der Waals surface area contributed by atoms with E-state index in [-0.39, 0.29) is 0 Å². The quantitative estimate of drug-likeness (QED) is 0.907. The fraction of sp³-hybridized carbons (Fsp3) is 0.400. The minimum Gasteiger partial charge on any atom is -0.481 e. The lowest BCUT2D eigenvalue weighted by Crippen LogP contribution is -2.05. The molecular formula is C15H20N4O. The summed E-state index contributed by atoms with van der Waals surface area (Å²) in [5.74, 6) is 2.31. The second kappa shape index (κ2) is 6.32. The summed E-state index contributed by atoms with van der Waals surface area (Å²) in [6.45, 7) is 4.14. The number of nitrogens with zero attached hydrogens (tertiary/aromatic N) is 3. The first kappa shape index (κ1) is 14.2. The van der Waals surface area contributed by atoms with Crippen LogP contribution in [0.1, 0.15) is 24.7 Å². The molecule has 0 unspecified atom stereocenters. The van der Waals surface area contributed by atoms with Gasteiger partial charge in [-0.2, -0.15) is 0 Å². The van der Waals surface area contributed by atoms with Crippen molar-refractivity contribution in [2.24, 2.45) is 0 Å². The van der Waals surface area contributed by atoms with E-state index in [4.69, 9.17) is 4.74 Å². The highest BCUT2D eigenvalue weighted by Crippen LogP contribution is 2.27. The van der Waals surface area contributed by atoms with Crippen molar-refractivity contribution in [2.45, 2.75) is 26.7 Å². The van der Waals surface area contributed by atoms with Gasteiger partial charge in [-0.05, 0) is 19.4 Å². The first-order valence-corrected chi connectivity index (χ1v) is 6.75. The smallest absolute Gasteiger partial charge is 0.213 e. The van der Waals surface area contributed by atoms with E-state index in [1.54, 1.807) is 13.3 Å². The van der Waals surface area contributed by atoms with Crippen molar-refractivity contribution in [2.75, 3.05) is 19.5 Å². The predicted molar refractivity (Wildman–Crippen MR) is 80.1 cm³/mol. The Morgan fingerprint density at radius 2 is 2.10 bits per heavy atom. The highest BCUT2D eigenvalue weighted by molar-refractivity contribution is 5.68. The van der Waals surface area contributed by atoms with Crippen LogP contribution >= 0.6 is 0 Å². The fourth-order valence-electron chi connectivity index (χ4n) is 2.09. The van der Waals surface area contributed by atoms with E-state index in [1.807, 2.05) is 26.1 Å². The summed E-state index contributed by atoms with van der Waals surface area (Å²) in [5, 5.41) is 3.13. The molecule has 0 saturated heterocycles. The Bertz CT molecular complexity index is 598. The molecule has 0 amide bonds. The van der Waals surface area contributed by atoms with E-state index < -0.39 is 0 Å². The molecule has 0 aliphatic rings. The summed E-state index contributed by atoms with van der Waals surface area (Å²) in [6.07, 6.45) is 3.61. The molecule has 0 saturated carbocycles. The third kappa shape index (κ3) is 2.87. The third-order valence-electron chi connectivity index (χ3n) is 3.12. The minimum atomic E-state index is 0.587. The van der Waals surface area contributed by atoms with Gasteiger partial charge in [0.2, 0.25) is 5.88 Å². The molecule has 0 aliphatic heterocycles. The average molecular weight is 272 g/mol. The molecular weight excluding hydrogens is 252 g/mol. The molecule has 20 heavy (non-hydrogen) atoms. The normalized spacial score (nSPS) is 10.4. The van der Waals surface area contributed by atoms with Crippen LogP contribution in [0.5, 0.6) is 5.88 Å². The Morgan fingerprint density at radius 1 is 1.30 bits per heavy atom. The van der Waals surface area contributed by atoms with Gasteiger partial charge in [-0.15, -0.1) is 0 Å². The van der Waals surface area contributed by atoms with Crippen LogP contribution in [0.3, 0.4) is 0 Å². The molecule has 0 radical (unpaired) electrons. The SMILES string of the molecule is CCCc1nc(NC)c(C)c(-c2ccnc(OC)c2)n1. The topological polar surface area (TPSA) is 59.9 Å². The van der Waals surface area contributed by atoms with Crippen molar-refractivity contribution in [1.29, 1.82) is 0 Å². The number of aryl methyl sites for hydroxylation is 1. The number of methoxy groups -OCH3 is 1. The van der Waals surface area contributed by atoms with Crippen LogP contribution in [-0.4, -0.2) is 29.1 Å². The number of aromatic nitrogens is 3. The molecule has 2 aromatic heterocycles. The van der Waals surface area contributed by atoms with Crippen molar-refractivity contribution in [3.05, 3.63) is 29.7 Å². The Kier molecular flexibility index (Phi) is 4.50. The third-order valence-corrected chi connectivity index (χ3v) is 3.12. The lowest BCUT2D eigenvalue weighted by molar-refractivity contribution is 0.398. The van der Waals surface area contributed by atoms with Gasteiger partial charge < -0.3 is 10.1 Å². The standard InChI is InChI=1S/C15H20N4O/c1-5-6-12-18-14(10(2)15(16-3)19-12)11-7-8-17-13(9-11)20-4/h7-9H,5-6H2,1-4H3,(H,16,18,19). The Morgan fingerprint density at radius 3 is 2.75 bits per heavy atom. The summed E-state index contributed by atoms with van der Waals surface area (Å²) < 4.78 is 5.18. The second-order valence-electron chi connectivity index (χ2n) is 4.55. The Labute approximate surface area is 119 Å². The van der Waals surface area contributed by atoms with Crippen molar-refractivity contribution in [3.63, 3.8) is 0 Å². The van der Waals surface area contributed by atoms with Gasteiger partial charge in [0.1, 0.15) is 11.6 Å². The maximum Gasteiger partial charge on any atom is 0.213 e. The monoisotopic (exact) mass is 272 g/mol. The maximum absolute atomic E-state index is 5.18. The van der Waals surface area contributed by atoms with Crippen LogP contribution < -0.4 is 10.1 Å². The van der Waals surface area contributed by atoms with Crippen molar-refractivity contribution < 1.29 is 4.74 Å². The van der Waals surface area contributed by atoms with Crippen LogP contribution in [0.4, 0.5) is 5.82 Å². The van der Waals surface area contributed by atoms with Gasteiger partial charge in [-0.1, -0.05) is 6.92 Å². The fourth-order valence-corrected chi connectivity index (χ4v) is 2.09. The predicted octanol–water partition coefficient (Wildman–Crippen LogP) is 2.85. The number of hydrogen-bond acceptors (Lipinski definition) is 5. The number of ether oxygens (including phenoxy) is 1. The molecule has 0 aliphatic carbocycles. The van der Waals surface area contributed by atoms with Crippen LogP contribution in [0.15, 0.2) is 18.3 Å². The number of nitrogens with one attached hydrogen (secondary N) is 1. The average Bonchev–Trinajstić information content (AvgIpc) is 2.49. The van der Waals surface area contributed by atoms with E-state index in [9.17, 15) is 0 Å². The zero-order chi connectivity index (χ0) is 14.5. The number of anilines is 1. The number of rotatable bonds is 5. The van der Waals surface area contributed by atoms with E-state index in [1.165, 1.54) is 0 Å². The molecule has 2 heterocycles.